The van der Waals surface area contributed by atoms with E-state index in [1.807, 2.05) is 0 Å². The van der Waals surface area contributed by atoms with Crippen molar-refractivity contribution in [3.8, 4) is 0 Å². The molecule has 1 aromatic rings. The fourth-order valence-electron chi connectivity index (χ4n) is 0.981. The molecule has 1 aromatic heterocycles. The van der Waals surface area contributed by atoms with Gasteiger partial charge in [0.25, 0.3) is 5.91 Å². The summed E-state index contributed by atoms with van der Waals surface area (Å²) in [7, 11) is 0. The largest absolute Gasteiger partial charge is 0.433 e. The minimum absolute atomic E-state index is 0.206. The highest BCUT2D eigenvalue weighted by Crippen LogP contribution is 2.32. The van der Waals surface area contributed by atoms with Crippen LogP contribution in [0.5, 0.6) is 0 Å². The molecule has 1 heterocycles. The van der Waals surface area contributed by atoms with E-state index < -0.39 is 28.5 Å². The number of nitrogens with one attached hydrogen (secondary N) is 2. The molecule has 8 heteroatoms. The maximum atomic E-state index is 12.4. The first-order valence-electron chi connectivity index (χ1n) is 3.97. The van der Waals surface area contributed by atoms with Crippen molar-refractivity contribution in [2.24, 2.45) is 0 Å². The van der Waals surface area contributed by atoms with Crippen LogP contribution in [0.2, 0.25) is 5.15 Å². The molecule has 84 valence electrons. The normalized spacial score (nSPS) is 11.5. The van der Waals surface area contributed by atoms with E-state index in [-0.39, 0.29) is 6.54 Å². The van der Waals surface area contributed by atoms with Gasteiger partial charge in [0.2, 0.25) is 0 Å². The topological polar surface area (TPSA) is 57.8 Å². The summed E-state index contributed by atoms with van der Waals surface area (Å²) in [6, 6.07) is 0. The molecule has 0 saturated heterocycles. The zero-order chi connectivity index (χ0) is 11.6. The van der Waals surface area contributed by atoms with Crippen LogP contribution in [0.1, 0.15) is 23.0 Å². The van der Waals surface area contributed by atoms with Crippen LogP contribution >= 0.6 is 11.6 Å². The molecule has 0 saturated carbocycles. The van der Waals surface area contributed by atoms with Gasteiger partial charge in [0, 0.05) is 6.54 Å². The highest BCUT2D eigenvalue weighted by molar-refractivity contribution is 6.32. The minimum atomic E-state index is -4.68. The van der Waals surface area contributed by atoms with Gasteiger partial charge in [0.1, 0.15) is 5.56 Å². The first-order valence-corrected chi connectivity index (χ1v) is 4.35. The molecule has 0 spiro atoms. The monoisotopic (exact) mass is 241 g/mol. The lowest BCUT2D eigenvalue weighted by Gasteiger charge is -2.06. The van der Waals surface area contributed by atoms with Crippen molar-refractivity contribution in [2.45, 2.75) is 13.1 Å². The average Bonchev–Trinajstić information content (AvgIpc) is 2.46. The minimum Gasteiger partial charge on any atom is -0.352 e. The molecular formula is C7H7ClF3N3O. The van der Waals surface area contributed by atoms with Crippen LogP contribution in [-0.4, -0.2) is 22.6 Å². The number of aromatic amines is 1. The van der Waals surface area contributed by atoms with E-state index in [4.69, 9.17) is 11.6 Å². The second kappa shape index (κ2) is 4.09. The fraction of sp³-hybridized carbons (Fsp3) is 0.429. The molecule has 1 rings (SSSR count). The van der Waals surface area contributed by atoms with Crippen LogP contribution in [0.4, 0.5) is 13.2 Å². The van der Waals surface area contributed by atoms with Gasteiger partial charge in [-0.1, -0.05) is 11.6 Å². The SMILES string of the molecule is CCNC(=O)c1c(Cl)n[nH]c1C(F)(F)F. The lowest BCUT2D eigenvalue weighted by Crippen LogP contribution is -2.25. The van der Waals surface area contributed by atoms with Gasteiger partial charge in [0.15, 0.2) is 10.8 Å². The molecule has 0 radical (unpaired) electrons. The van der Waals surface area contributed by atoms with Crippen LogP contribution < -0.4 is 5.32 Å². The molecule has 0 aromatic carbocycles. The summed E-state index contributed by atoms with van der Waals surface area (Å²) in [6.45, 7) is 1.79. The summed E-state index contributed by atoms with van der Waals surface area (Å²) in [5, 5.41) is 6.56. The maximum absolute atomic E-state index is 12.4. The molecule has 0 unspecified atom stereocenters. The molecule has 4 nitrogen and oxygen atoms in total. The number of aromatic nitrogens is 2. The standard InChI is InChI=1S/C7H7ClF3N3O/c1-2-12-6(15)3-4(7(9,10)11)13-14-5(3)8/h2H2,1H3,(H,12,15)(H,13,14). The third-order valence-electron chi connectivity index (χ3n) is 1.57. The first-order chi connectivity index (χ1) is 6.88. The number of carbonyl (C=O) groups excluding carboxylic acids is 1. The Labute approximate surface area is 87.8 Å². The van der Waals surface area contributed by atoms with E-state index in [0.717, 1.165) is 0 Å². The summed E-state index contributed by atoms with van der Waals surface area (Å²) in [5.41, 5.74) is -1.91. The van der Waals surface area contributed by atoms with Gasteiger partial charge in [0.05, 0.1) is 0 Å². The Balaban J connectivity index is 3.16. The molecule has 0 aliphatic carbocycles. The van der Waals surface area contributed by atoms with Crippen molar-refractivity contribution >= 4 is 17.5 Å². The fourth-order valence-corrected chi connectivity index (χ4v) is 1.20. The maximum Gasteiger partial charge on any atom is 0.433 e. The Hall–Kier alpha value is -1.24. The summed E-state index contributed by atoms with van der Waals surface area (Å²) in [5.74, 6) is -0.899. The predicted octanol–water partition coefficient (Wildman–Crippen LogP) is 1.83. The van der Waals surface area contributed by atoms with Crippen LogP contribution in [0, 0.1) is 0 Å². The molecule has 15 heavy (non-hydrogen) atoms. The summed E-state index contributed by atoms with van der Waals surface area (Å²) in [6.07, 6.45) is -4.68. The smallest absolute Gasteiger partial charge is 0.352 e. The lowest BCUT2D eigenvalue weighted by molar-refractivity contribution is -0.141. The van der Waals surface area contributed by atoms with Crippen molar-refractivity contribution in [2.75, 3.05) is 6.54 Å². The van der Waals surface area contributed by atoms with E-state index in [1.165, 1.54) is 0 Å². The Kier molecular flexibility index (Phi) is 3.23. The first kappa shape index (κ1) is 11.8. The Morgan fingerprint density at radius 1 is 1.60 bits per heavy atom. The Bertz CT molecular complexity index is 374. The number of halogens is 4. The molecule has 0 aliphatic rings. The van der Waals surface area contributed by atoms with Crippen molar-refractivity contribution in [3.63, 3.8) is 0 Å². The molecule has 0 atom stereocenters. The van der Waals surface area contributed by atoms with E-state index in [2.05, 4.69) is 10.4 Å². The quantitative estimate of drug-likeness (QED) is 0.830. The molecule has 0 bridgehead atoms. The van der Waals surface area contributed by atoms with Gasteiger partial charge < -0.3 is 5.32 Å². The zero-order valence-electron chi connectivity index (χ0n) is 7.57. The Morgan fingerprint density at radius 3 is 2.67 bits per heavy atom. The van der Waals surface area contributed by atoms with E-state index in [9.17, 15) is 18.0 Å². The summed E-state index contributed by atoms with van der Waals surface area (Å²) in [4.78, 5) is 11.2. The van der Waals surface area contributed by atoms with E-state index in [1.54, 1.807) is 12.0 Å². The highest BCUT2D eigenvalue weighted by atomic mass is 35.5. The summed E-state index contributed by atoms with van der Waals surface area (Å²) < 4.78 is 37.1. The third kappa shape index (κ3) is 2.41. The molecule has 0 fully saturated rings. The van der Waals surface area contributed by atoms with E-state index >= 15 is 0 Å². The predicted molar refractivity (Wildman–Crippen MR) is 46.6 cm³/mol. The third-order valence-corrected chi connectivity index (χ3v) is 1.84. The zero-order valence-corrected chi connectivity index (χ0v) is 8.33. The number of hydrogen-bond donors (Lipinski definition) is 2. The van der Waals surface area contributed by atoms with Crippen LogP contribution in [0.15, 0.2) is 0 Å². The van der Waals surface area contributed by atoms with Crippen LogP contribution in [0.3, 0.4) is 0 Å². The van der Waals surface area contributed by atoms with Crippen molar-refractivity contribution in [3.05, 3.63) is 16.4 Å². The van der Waals surface area contributed by atoms with Gasteiger partial charge in [-0.3, -0.25) is 9.89 Å². The van der Waals surface area contributed by atoms with Gasteiger partial charge >= 0.3 is 6.18 Å². The van der Waals surface area contributed by atoms with Gasteiger partial charge in [-0.15, -0.1) is 0 Å². The molecule has 2 N–H and O–H groups in total. The van der Waals surface area contributed by atoms with Gasteiger partial charge in [-0.25, -0.2) is 0 Å². The van der Waals surface area contributed by atoms with E-state index in [0.29, 0.717) is 0 Å². The van der Waals surface area contributed by atoms with Gasteiger partial charge in [-0.05, 0) is 6.92 Å². The van der Waals surface area contributed by atoms with Crippen molar-refractivity contribution in [1.82, 2.24) is 15.5 Å². The highest BCUT2D eigenvalue weighted by Gasteiger charge is 2.39. The summed E-state index contributed by atoms with van der Waals surface area (Å²) >= 11 is 5.38. The molecular weight excluding hydrogens is 235 g/mol. The lowest BCUT2D eigenvalue weighted by atomic mass is 10.2. The molecule has 1 amide bonds. The second-order valence-electron chi connectivity index (χ2n) is 2.62. The number of nitrogens with zero attached hydrogens (tertiary/aromatic N) is 1. The number of H-pyrrole nitrogens is 1. The second-order valence-corrected chi connectivity index (χ2v) is 2.98. The van der Waals surface area contributed by atoms with Crippen LogP contribution in [-0.2, 0) is 6.18 Å². The number of alkyl halides is 3. The number of hydrogen-bond acceptors (Lipinski definition) is 2. The number of rotatable bonds is 2. The van der Waals surface area contributed by atoms with Crippen molar-refractivity contribution in [1.29, 1.82) is 0 Å². The number of amides is 1. The Morgan fingerprint density at radius 2 is 2.20 bits per heavy atom. The number of carbonyl (C=O) groups is 1. The van der Waals surface area contributed by atoms with Gasteiger partial charge in [-0.2, -0.15) is 18.3 Å². The van der Waals surface area contributed by atoms with Crippen LogP contribution in [0.25, 0.3) is 0 Å². The van der Waals surface area contributed by atoms with Crippen molar-refractivity contribution < 1.29 is 18.0 Å². The average molecular weight is 242 g/mol. The molecule has 0 aliphatic heterocycles.